The van der Waals surface area contributed by atoms with E-state index in [1.807, 2.05) is 105 Å². The van der Waals surface area contributed by atoms with Crippen molar-refractivity contribution in [2.75, 3.05) is 10.6 Å². The van der Waals surface area contributed by atoms with Gasteiger partial charge in [0.15, 0.2) is 11.6 Å². The number of nitrogens with one attached hydrogen (secondary N) is 2. The molecule has 0 saturated heterocycles. The maximum absolute atomic E-state index is 12.0. The molecule has 8 aromatic rings. The van der Waals surface area contributed by atoms with E-state index in [1.54, 1.807) is 0 Å². The van der Waals surface area contributed by atoms with Crippen LogP contribution in [0.1, 0.15) is 71.4 Å². The quantitative estimate of drug-likeness (QED) is 0.111. The number of aromatic carboxylic acids is 2. The number of hydrogen-bond donors (Lipinski definition) is 2. The van der Waals surface area contributed by atoms with Gasteiger partial charge in [0.05, 0.1) is 23.1 Å². The Hall–Kier alpha value is -5.70. The number of unbranched alkanes of at least 4 members (excludes halogenated alkanes) is 2. The fourth-order valence-electron chi connectivity index (χ4n) is 6.97. The number of aryl methyl sites for hydroxylation is 2. The van der Waals surface area contributed by atoms with Crippen LogP contribution in [-0.2, 0) is 26.2 Å². The first kappa shape index (κ1) is 53.3. The van der Waals surface area contributed by atoms with Crippen molar-refractivity contribution in [3.05, 3.63) is 164 Å². The van der Waals surface area contributed by atoms with Gasteiger partial charge in [-0.3, -0.25) is 17.5 Å². The Morgan fingerprint density at radius 3 is 1.28 bits per heavy atom. The molecule has 4 aromatic carbocycles. The van der Waals surface area contributed by atoms with Gasteiger partial charge in [-0.25, -0.2) is 19.9 Å². The van der Waals surface area contributed by atoms with Crippen LogP contribution < -0.4 is 89.7 Å². The second-order valence-corrected chi connectivity index (χ2v) is 16.8. The van der Waals surface area contributed by atoms with E-state index >= 15 is 0 Å². The summed E-state index contributed by atoms with van der Waals surface area (Å²) in [6.45, 7) is 6.55. The number of carboxylic acids is 2. The smallest absolute Gasteiger partial charge is 0.545 e. The van der Waals surface area contributed by atoms with E-state index in [0.29, 0.717) is 24.7 Å². The van der Waals surface area contributed by atoms with Crippen molar-refractivity contribution in [2.45, 2.75) is 65.7 Å². The van der Waals surface area contributed by atoms with Gasteiger partial charge < -0.3 is 30.4 Å². The van der Waals surface area contributed by atoms with Crippen LogP contribution in [-0.4, -0.2) is 49.8 Å². The van der Waals surface area contributed by atoms with Crippen molar-refractivity contribution in [3.8, 4) is 45.0 Å². The third-order valence-electron chi connectivity index (χ3n) is 10.3. The molecule has 20 heteroatoms. The molecule has 2 N–H and O–H groups in total. The van der Waals surface area contributed by atoms with Crippen LogP contribution in [0.2, 0.25) is 0 Å². The summed E-state index contributed by atoms with van der Waals surface area (Å²) < 4.78 is 3.94. The monoisotopic (exact) mass is 966 g/mol. The van der Waals surface area contributed by atoms with Crippen LogP contribution in [0.4, 0.5) is 11.6 Å². The van der Waals surface area contributed by atoms with Gasteiger partial charge in [-0.05, 0) is 46.2 Å². The van der Waals surface area contributed by atoms with Crippen LogP contribution in [0, 0.1) is 0 Å². The second-order valence-electron chi connectivity index (χ2n) is 14.8. The van der Waals surface area contributed by atoms with E-state index in [9.17, 15) is 29.4 Å². The van der Waals surface area contributed by atoms with Gasteiger partial charge in [-0.15, -0.1) is 0 Å². The molecule has 4 heterocycles. The molecule has 8 rings (SSSR count). The van der Waals surface area contributed by atoms with E-state index in [4.69, 9.17) is 0 Å². The van der Waals surface area contributed by atoms with E-state index in [1.165, 1.54) is 25.0 Å². The summed E-state index contributed by atoms with van der Waals surface area (Å²) >= 11 is 2.30. The largest absolute Gasteiger partial charge is 1.00 e. The molecule has 0 spiro atoms. The molecule has 0 fully saturated rings. The van der Waals surface area contributed by atoms with Gasteiger partial charge in [-0.1, -0.05) is 124 Å². The van der Waals surface area contributed by atoms with Crippen molar-refractivity contribution in [1.82, 2.24) is 37.8 Å². The van der Waals surface area contributed by atoms with Crippen molar-refractivity contribution in [2.24, 2.45) is 0 Å². The first-order valence-corrected chi connectivity index (χ1v) is 22.7. The van der Waals surface area contributed by atoms with E-state index in [0.717, 1.165) is 106 Å². The predicted octanol–water partition coefficient (Wildman–Crippen LogP) is 0.417. The summed E-state index contributed by atoms with van der Waals surface area (Å²) in [5.41, 5.74) is 7.53. The standard InChI is InChI=1S/2C24H23N5O3S.2Na/c2*1-2-3-12-29-22(28-24(32)33-29)19-7-5-4-6-18(19)17-10-8-16(9-11-17)13-26-21-20(23(30)31)14-25-15-27-21;;/h2*4-11,14-15H,2-3,12-13H2,1H3,(H,30,31)(H,25,26,27);;/q;;2*+1/p-2. The first-order valence-electron chi connectivity index (χ1n) is 21.2. The predicted molar refractivity (Wildman–Crippen MR) is 252 cm³/mol. The van der Waals surface area contributed by atoms with Crippen LogP contribution >= 0.6 is 23.1 Å². The molecule has 0 aliphatic heterocycles. The molecule has 16 nitrogen and oxygen atoms in total. The third-order valence-corrected chi connectivity index (χ3v) is 12.0. The number of rotatable bonds is 18. The first-order chi connectivity index (χ1) is 32.1. The zero-order chi connectivity index (χ0) is 46.4. The molecular weight excluding hydrogens is 923 g/mol. The van der Waals surface area contributed by atoms with Gasteiger partial charge >= 0.3 is 68.9 Å². The fourth-order valence-corrected chi connectivity index (χ4v) is 8.49. The SMILES string of the molecule is CCCCn1sc(=O)nc1-c1ccccc1-c1ccc(CNc2ncncc2C(=O)[O-])cc1.CCCCn1sc(=O)nc1-c1ccccc1-c1ccc(CNc2ncncc2C(=O)[O-])cc1.[Na+].[Na+]. The molecule has 0 aliphatic rings. The Balaban J connectivity index is 0.000000247. The third kappa shape index (κ3) is 13.7. The molecule has 0 aliphatic carbocycles. The second kappa shape index (κ2) is 26.2. The fraction of sp³-hybridized carbons (Fsp3) is 0.208. The summed E-state index contributed by atoms with van der Waals surface area (Å²) in [5.74, 6) is -0.841. The van der Waals surface area contributed by atoms with Crippen LogP contribution in [0.5, 0.6) is 0 Å². The molecule has 68 heavy (non-hydrogen) atoms. The van der Waals surface area contributed by atoms with Crippen molar-refractivity contribution in [3.63, 3.8) is 0 Å². The number of carbonyl (C=O) groups excluding carboxylic acids is 2. The zero-order valence-corrected chi connectivity index (χ0v) is 43.7. The minimum atomic E-state index is -1.33. The average Bonchev–Trinajstić information content (AvgIpc) is 3.92. The van der Waals surface area contributed by atoms with E-state index < -0.39 is 11.9 Å². The van der Waals surface area contributed by atoms with Crippen LogP contribution in [0.25, 0.3) is 45.0 Å². The van der Waals surface area contributed by atoms with E-state index in [-0.39, 0.29) is 91.6 Å². The number of carboxylic acid groups (broad SMARTS) is 2. The van der Waals surface area contributed by atoms with Crippen LogP contribution in [0.3, 0.4) is 0 Å². The van der Waals surface area contributed by atoms with Gasteiger partial charge in [0.1, 0.15) is 24.3 Å². The zero-order valence-electron chi connectivity index (χ0n) is 38.0. The Morgan fingerprint density at radius 2 is 0.926 bits per heavy atom. The molecule has 0 saturated carbocycles. The molecule has 0 atom stereocenters. The molecular formula is C48H44N10Na2O6S2. The summed E-state index contributed by atoms with van der Waals surface area (Å²) in [6, 6.07) is 31.7. The summed E-state index contributed by atoms with van der Waals surface area (Å²) in [6.07, 6.45) is 9.03. The molecule has 0 unspecified atom stereocenters. The van der Waals surface area contributed by atoms with E-state index in [2.05, 4.69) is 54.4 Å². The molecule has 4 aromatic heterocycles. The Bertz CT molecular complexity index is 2850. The topological polar surface area (TPSA) is 226 Å². The number of carbonyl (C=O) groups is 2. The van der Waals surface area contributed by atoms with Gasteiger partial charge in [0.25, 0.3) is 0 Å². The molecule has 336 valence electrons. The van der Waals surface area contributed by atoms with Crippen molar-refractivity contribution < 1.29 is 78.9 Å². The Kier molecular flexibility index (Phi) is 20.5. The normalized spacial score (nSPS) is 10.5. The number of aromatic nitrogens is 8. The van der Waals surface area contributed by atoms with Crippen LogP contribution in [0.15, 0.2) is 132 Å². The minimum Gasteiger partial charge on any atom is -0.545 e. The summed E-state index contributed by atoms with van der Waals surface area (Å²) in [7, 11) is 0. The number of hydrogen-bond acceptors (Lipinski definition) is 16. The summed E-state index contributed by atoms with van der Waals surface area (Å²) in [5, 5.41) is 28.5. The van der Waals surface area contributed by atoms with Gasteiger partial charge in [0, 0.05) is 72.8 Å². The Morgan fingerprint density at radius 1 is 0.559 bits per heavy atom. The number of nitrogens with zero attached hydrogens (tertiary/aromatic N) is 8. The minimum absolute atomic E-state index is 0. The molecule has 0 amide bonds. The molecule has 0 bridgehead atoms. The Labute approximate surface area is 444 Å². The van der Waals surface area contributed by atoms with Gasteiger partial charge in [0.2, 0.25) is 0 Å². The van der Waals surface area contributed by atoms with Crippen molar-refractivity contribution in [1.29, 1.82) is 0 Å². The average molecular weight is 967 g/mol. The maximum atomic E-state index is 12.0. The van der Waals surface area contributed by atoms with Crippen molar-refractivity contribution >= 4 is 46.6 Å². The maximum Gasteiger partial charge on any atom is 1.00 e. The van der Waals surface area contributed by atoms with Gasteiger partial charge in [-0.2, -0.15) is 9.97 Å². The summed E-state index contributed by atoms with van der Waals surface area (Å²) in [4.78, 5) is 70.0. The number of anilines is 2. The number of benzene rings is 4. The molecule has 0 radical (unpaired) electrons.